The quantitative estimate of drug-likeness (QED) is 0.527. The van der Waals surface area contributed by atoms with Gasteiger partial charge in [0.15, 0.2) is 0 Å². The van der Waals surface area contributed by atoms with E-state index in [1.165, 1.54) is 0 Å². The lowest BCUT2D eigenvalue weighted by molar-refractivity contribution is 0.289. The van der Waals surface area contributed by atoms with Crippen LogP contribution in [-0.4, -0.2) is 10.00 Å². The molecule has 0 aliphatic heterocycles. The molecule has 28 heavy (non-hydrogen) atoms. The number of para-hydroxylation sites is 1. The lowest BCUT2D eigenvalue weighted by Crippen LogP contribution is -2.02. The van der Waals surface area contributed by atoms with E-state index in [0.29, 0.717) is 16.9 Å². The predicted octanol–water partition coefficient (Wildman–Crippen LogP) is 5.85. The van der Waals surface area contributed by atoms with Gasteiger partial charge in [-0.2, -0.15) is 0 Å². The van der Waals surface area contributed by atoms with Gasteiger partial charge in [0.2, 0.25) is 0 Å². The highest BCUT2D eigenvalue weighted by molar-refractivity contribution is 7.48. The molecule has 1 atom stereocenters. The van der Waals surface area contributed by atoms with Crippen LogP contribution < -0.4 is 9.05 Å². The molecule has 1 unspecified atom stereocenters. The molecule has 3 aromatic rings. The number of rotatable bonds is 5. The Bertz CT molecular complexity index is 1010. The second kappa shape index (κ2) is 7.70. The highest BCUT2D eigenvalue weighted by Crippen LogP contribution is 2.47. The molecule has 0 amide bonds. The number of hydrogen-bond donors (Lipinski definition) is 2. The van der Waals surface area contributed by atoms with Gasteiger partial charge < -0.3 is 14.2 Å². The number of aryl methyl sites for hydroxylation is 4. The molecule has 3 rings (SSSR count). The van der Waals surface area contributed by atoms with Gasteiger partial charge in [-0.1, -0.05) is 18.2 Å². The highest BCUT2D eigenvalue weighted by atomic mass is 31.2. The first-order chi connectivity index (χ1) is 13.2. The summed E-state index contributed by atoms with van der Waals surface area (Å²) < 4.78 is 22.9. The lowest BCUT2D eigenvalue weighted by atomic mass is 9.96. The molecule has 5 nitrogen and oxygen atoms in total. The van der Waals surface area contributed by atoms with E-state index in [-0.39, 0.29) is 11.5 Å². The van der Waals surface area contributed by atoms with Crippen LogP contribution in [0.25, 0.3) is 11.1 Å². The van der Waals surface area contributed by atoms with Gasteiger partial charge in [-0.05, 0) is 97.5 Å². The summed E-state index contributed by atoms with van der Waals surface area (Å²) in [6, 6.07) is 16.0. The lowest BCUT2D eigenvalue weighted by Gasteiger charge is -2.18. The minimum atomic E-state index is -4.33. The van der Waals surface area contributed by atoms with Crippen LogP contribution in [0.15, 0.2) is 54.6 Å². The number of aromatic hydroxyl groups is 1. The summed E-state index contributed by atoms with van der Waals surface area (Å²) in [5, 5.41) is 9.99. The van der Waals surface area contributed by atoms with Crippen molar-refractivity contribution in [3.05, 3.63) is 76.9 Å². The van der Waals surface area contributed by atoms with Crippen LogP contribution in [-0.2, 0) is 4.57 Å². The van der Waals surface area contributed by atoms with E-state index in [1.807, 2.05) is 52.0 Å². The third kappa shape index (κ3) is 4.38. The number of benzene rings is 3. The van der Waals surface area contributed by atoms with Gasteiger partial charge in [-0.25, -0.2) is 4.57 Å². The van der Waals surface area contributed by atoms with Crippen molar-refractivity contribution in [2.45, 2.75) is 27.7 Å². The van der Waals surface area contributed by atoms with Crippen molar-refractivity contribution in [1.29, 1.82) is 0 Å². The third-order valence-corrected chi connectivity index (χ3v) is 5.31. The first-order valence-electron chi connectivity index (χ1n) is 8.85. The Morgan fingerprint density at radius 3 is 1.71 bits per heavy atom. The minimum absolute atomic E-state index is 0.260. The largest absolute Gasteiger partial charge is 0.584 e. The second-order valence-corrected chi connectivity index (χ2v) is 8.16. The molecule has 0 fully saturated rings. The summed E-state index contributed by atoms with van der Waals surface area (Å²) in [6.07, 6.45) is 0. The zero-order valence-corrected chi connectivity index (χ0v) is 17.2. The maximum atomic E-state index is 12.4. The van der Waals surface area contributed by atoms with E-state index in [2.05, 4.69) is 0 Å². The molecule has 0 spiro atoms. The third-order valence-electron chi connectivity index (χ3n) is 4.46. The second-order valence-electron chi connectivity index (χ2n) is 6.86. The molecule has 0 radical (unpaired) electrons. The average Bonchev–Trinajstić information content (AvgIpc) is 2.62. The summed E-state index contributed by atoms with van der Waals surface area (Å²) in [5.41, 5.74) is 4.90. The molecule has 0 aliphatic carbocycles. The molecule has 0 saturated heterocycles. The maximum Gasteiger partial charge on any atom is 0.584 e. The van der Waals surface area contributed by atoms with Crippen LogP contribution in [0.1, 0.15) is 22.3 Å². The summed E-state index contributed by atoms with van der Waals surface area (Å²) in [5.74, 6) is 0.865. The van der Waals surface area contributed by atoms with E-state index in [9.17, 15) is 14.6 Å². The van der Waals surface area contributed by atoms with Crippen molar-refractivity contribution >= 4 is 7.82 Å². The average molecular weight is 398 g/mol. The van der Waals surface area contributed by atoms with Gasteiger partial charge >= 0.3 is 7.82 Å². The Kier molecular flexibility index (Phi) is 5.50. The summed E-state index contributed by atoms with van der Waals surface area (Å²) in [7, 11) is -4.33. The Morgan fingerprint density at radius 2 is 1.21 bits per heavy atom. The summed E-state index contributed by atoms with van der Waals surface area (Å²) in [4.78, 5) is 10.1. The van der Waals surface area contributed by atoms with E-state index >= 15 is 0 Å². The predicted molar refractivity (Wildman–Crippen MR) is 110 cm³/mol. The van der Waals surface area contributed by atoms with Crippen molar-refractivity contribution < 1.29 is 23.6 Å². The molecule has 6 heteroatoms. The van der Waals surface area contributed by atoms with Gasteiger partial charge in [-0.15, -0.1) is 0 Å². The highest BCUT2D eigenvalue weighted by Gasteiger charge is 2.27. The number of phosphoric ester groups is 1. The van der Waals surface area contributed by atoms with Gasteiger partial charge in [0.05, 0.1) is 0 Å². The van der Waals surface area contributed by atoms with Crippen LogP contribution in [0.5, 0.6) is 17.2 Å². The Balaban J connectivity index is 1.91. The molecular weight excluding hydrogens is 375 g/mol. The smallest absolute Gasteiger partial charge is 0.507 e. The summed E-state index contributed by atoms with van der Waals surface area (Å²) in [6.45, 7) is 7.33. The van der Waals surface area contributed by atoms with E-state index in [0.717, 1.165) is 22.3 Å². The van der Waals surface area contributed by atoms with Gasteiger partial charge in [0, 0.05) is 0 Å². The van der Waals surface area contributed by atoms with Crippen molar-refractivity contribution in [3.63, 3.8) is 0 Å². The van der Waals surface area contributed by atoms with Gasteiger partial charge in [0.1, 0.15) is 17.2 Å². The fourth-order valence-electron chi connectivity index (χ4n) is 3.13. The zero-order chi connectivity index (χ0) is 20.5. The van der Waals surface area contributed by atoms with E-state index in [1.54, 1.807) is 30.3 Å². The van der Waals surface area contributed by atoms with Crippen LogP contribution in [0.3, 0.4) is 0 Å². The fraction of sp³-hybridized carbons (Fsp3) is 0.182. The molecule has 2 N–H and O–H groups in total. The monoisotopic (exact) mass is 398 g/mol. The molecule has 0 aliphatic rings. The SMILES string of the molecule is Cc1cc(-c2cc(C)c(OP(=O)(O)Oc3ccccc3)c(C)c2)cc(C)c1O. The Hall–Kier alpha value is -2.75. The normalized spacial score (nSPS) is 13.0. The van der Waals surface area contributed by atoms with Crippen molar-refractivity contribution in [3.8, 4) is 28.4 Å². The Morgan fingerprint density at radius 1 is 0.750 bits per heavy atom. The first-order valence-corrected chi connectivity index (χ1v) is 10.3. The number of phenols is 1. The van der Waals surface area contributed by atoms with Gasteiger partial charge in [-0.3, -0.25) is 4.89 Å². The zero-order valence-electron chi connectivity index (χ0n) is 16.3. The molecule has 0 saturated carbocycles. The standard InChI is InChI=1S/C22H23O5P/c1-14-10-18(11-15(2)21(14)23)19-12-16(3)22(17(4)13-19)27-28(24,25)26-20-8-6-5-7-9-20/h5-13,23H,1-4H3,(H,24,25). The van der Waals surface area contributed by atoms with Crippen LogP contribution in [0.2, 0.25) is 0 Å². The molecule has 0 aromatic heterocycles. The summed E-state index contributed by atoms with van der Waals surface area (Å²) >= 11 is 0. The van der Waals surface area contributed by atoms with Crippen LogP contribution >= 0.6 is 7.82 Å². The molecule has 146 valence electrons. The molecule has 0 bridgehead atoms. The number of phenolic OH excluding ortho intramolecular Hbond substituents is 1. The van der Waals surface area contributed by atoms with Crippen LogP contribution in [0.4, 0.5) is 0 Å². The van der Waals surface area contributed by atoms with Gasteiger partial charge in [0.25, 0.3) is 0 Å². The van der Waals surface area contributed by atoms with Crippen molar-refractivity contribution in [1.82, 2.24) is 0 Å². The molecule has 3 aromatic carbocycles. The fourth-order valence-corrected chi connectivity index (χ4v) is 4.08. The van der Waals surface area contributed by atoms with Crippen molar-refractivity contribution in [2.24, 2.45) is 0 Å². The number of phosphoric acid groups is 1. The van der Waals surface area contributed by atoms with Crippen molar-refractivity contribution in [2.75, 3.05) is 0 Å². The Labute approximate surface area is 164 Å². The van der Waals surface area contributed by atoms with E-state index < -0.39 is 7.82 Å². The topological polar surface area (TPSA) is 76.0 Å². The maximum absolute atomic E-state index is 12.4. The molecule has 0 heterocycles. The molecular formula is C22H23O5P. The number of hydrogen-bond acceptors (Lipinski definition) is 4. The van der Waals surface area contributed by atoms with Crippen LogP contribution in [0, 0.1) is 27.7 Å². The van der Waals surface area contributed by atoms with E-state index in [4.69, 9.17) is 9.05 Å². The minimum Gasteiger partial charge on any atom is -0.507 e. The first kappa shape index (κ1) is 20.0.